The lowest BCUT2D eigenvalue weighted by Crippen LogP contribution is -1.97. The summed E-state index contributed by atoms with van der Waals surface area (Å²) in [4.78, 5) is 7.58. The van der Waals surface area contributed by atoms with Crippen LogP contribution in [0.5, 0.6) is 0 Å². The van der Waals surface area contributed by atoms with Crippen LogP contribution in [-0.4, -0.2) is 15.1 Å². The van der Waals surface area contributed by atoms with Crippen LogP contribution in [-0.2, 0) is 0 Å². The van der Waals surface area contributed by atoms with Gasteiger partial charge in [0.25, 0.3) is 0 Å². The maximum atomic E-state index is 9.48. The summed E-state index contributed by atoms with van der Waals surface area (Å²) in [5, 5.41) is 9.48. The van der Waals surface area contributed by atoms with Crippen LogP contribution in [0.3, 0.4) is 0 Å². The highest BCUT2D eigenvalue weighted by atomic mass is 16.3. The maximum Gasteiger partial charge on any atom is 0.115 e. The predicted molar refractivity (Wildman–Crippen MR) is 45.1 cm³/mol. The molecule has 62 valence electrons. The van der Waals surface area contributed by atoms with Crippen molar-refractivity contribution in [3.05, 3.63) is 24.3 Å². The number of hydrogen-bond acceptors (Lipinski definition) is 3. The van der Waals surface area contributed by atoms with Crippen molar-refractivity contribution < 1.29 is 5.11 Å². The van der Waals surface area contributed by atoms with E-state index in [1.165, 1.54) is 6.33 Å². The molecule has 0 aromatic carbocycles. The first kappa shape index (κ1) is 8.69. The van der Waals surface area contributed by atoms with E-state index in [0.717, 1.165) is 0 Å². The smallest absolute Gasteiger partial charge is 0.115 e. The molecule has 0 aliphatic heterocycles. The maximum absolute atomic E-state index is 9.48. The molecule has 0 fully saturated rings. The lowest BCUT2D eigenvalue weighted by atomic mass is 10.1. The predicted octanol–water partition coefficient (Wildman–Crippen LogP) is 0.923. The summed E-state index contributed by atoms with van der Waals surface area (Å²) < 4.78 is 0. The molecule has 1 aromatic rings. The highest BCUT2D eigenvalue weighted by molar-refractivity contribution is 5.06. The summed E-state index contributed by atoms with van der Waals surface area (Å²) in [6.07, 6.45) is 10.3. The van der Waals surface area contributed by atoms with Gasteiger partial charge in [0.05, 0.1) is 6.10 Å². The third-order valence-corrected chi connectivity index (χ3v) is 1.53. The molecule has 12 heavy (non-hydrogen) atoms. The fourth-order valence-electron chi connectivity index (χ4n) is 0.869. The number of rotatable bonds is 3. The van der Waals surface area contributed by atoms with E-state index in [9.17, 15) is 5.11 Å². The normalized spacial score (nSPS) is 12.0. The Kier molecular flexibility index (Phi) is 3.24. The fourth-order valence-corrected chi connectivity index (χ4v) is 0.869. The SMILES string of the molecule is C#CCCC(O)c1cncnc1. The summed E-state index contributed by atoms with van der Waals surface area (Å²) in [6.45, 7) is 0. The Bertz CT molecular complexity index is 266. The highest BCUT2D eigenvalue weighted by Gasteiger charge is 2.05. The third kappa shape index (κ3) is 2.33. The summed E-state index contributed by atoms with van der Waals surface area (Å²) in [5.74, 6) is 2.47. The minimum Gasteiger partial charge on any atom is -0.388 e. The van der Waals surface area contributed by atoms with Gasteiger partial charge in [0.2, 0.25) is 0 Å². The van der Waals surface area contributed by atoms with E-state index in [4.69, 9.17) is 6.42 Å². The van der Waals surface area contributed by atoms with E-state index in [1.807, 2.05) is 0 Å². The lowest BCUT2D eigenvalue weighted by Gasteiger charge is -2.06. The molecule has 3 heteroatoms. The van der Waals surface area contributed by atoms with Crippen LogP contribution in [0.25, 0.3) is 0 Å². The number of aromatic nitrogens is 2. The van der Waals surface area contributed by atoms with Gasteiger partial charge in [-0.3, -0.25) is 0 Å². The van der Waals surface area contributed by atoms with Crippen molar-refractivity contribution in [1.29, 1.82) is 0 Å². The van der Waals surface area contributed by atoms with Crippen LogP contribution >= 0.6 is 0 Å². The zero-order chi connectivity index (χ0) is 8.81. The largest absolute Gasteiger partial charge is 0.388 e. The van der Waals surface area contributed by atoms with Gasteiger partial charge < -0.3 is 5.11 Å². The highest BCUT2D eigenvalue weighted by Crippen LogP contribution is 2.14. The second-order valence-electron chi connectivity index (χ2n) is 2.43. The monoisotopic (exact) mass is 162 g/mol. The molecule has 1 unspecified atom stereocenters. The van der Waals surface area contributed by atoms with Crippen molar-refractivity contribution >= 4 is 0 Å². The molecule has 0 aliphatic carbocycles. The van der Waals surface area contributed by atoms with Gasteiger partial charge in [0.15, 0.2) is 0 Å². The lowest BCUT2D eigenvalue weighted by molar-refractivity contribution is 0.168. The number of aliphatic hydroxyl groups excluding tert-OH is 1. The molecule has 1 atom stereocenters. The summed E-state index contributed by atoms with van der Waals surface area (Å²) in [7, 11) is 0. The number of aliphatic hydroxyl groups is 1. The van der Waals surface area contributed by atoms with E-state index in [-0.39, 0.29) is 0 Å². The van der Waals surface area contributed by atoms with Gasteiger partial charge >= 0.3 is 0 Å². The Morgan fingerprint density at radius 3 is 2.75 bits per heavy atom. The van der Waals surface area contributed by atoms with Crippen LogP contribution in [0.1, 0.15) is 24.5 Å². The van der Waals surface area contributed by atoms with Crippen LogP contribution < -0.4 is 0 Å². The Labute approximate surface area is 71.5 Å². The van der Waals surface area contributed by atoms with Gasteiger partial charge in [-0.25, -0.2) is 9.97 Å². The van der Waals surface area contributed by atoms with E-state index < -0.39 is 6.10 Å². The molecule has 0 radical (unpaired) electrons. The van der Waals surface area contributed by atoms with Gasteiger partial charge in [-0.05, 0) is 6.42 Å². The van der Waals surface area contributed by atoms with Crippen LogP contribution in [0.4, 0.5) is 0 Å². The Morgan fingerprint density at radius 1 is 1.50 bits per heavy atom. The van der Waals surface area contributed by atoms with E-state index in [2.05, 4.69) is 15.9 Å². The first-order valence-electron chi connectivity index (χ1n) is 3.71. The molecule has 1 N–H and O–H groups in total. The van der Waals surface area contributed by atoms with Crippen molar-refractivity contribution in [2.24, 2.45) is 0 Å². The molecular weight excluding hydrogens is 152 g/mol. The first-order valence-corrected chi connectivity index (χ1v) is 3.71. The van der Waals surface area contributed by atoms with Gasteiger partial charge in [0, 0.05) is 24.4 Å². The molecule has 0 aliphatic rings. The Balaban J connectivity index is 2.55. The van der Waals surface area contributed by atoms with E-state index in [0.29, 0.717) is 18.4 Å². The minimum absolute atomic E-state index is 0.540. The number of terminal acetylenes is 1. The van der Waals surface area contributed by atoms with Gasteiger partial charge in [-0.2, -0.15) is 0 Å². The van der Waals surface area contributed by atoms with Gasteiger partial charge in [-0.1, -0.05) is 0 Å². The molecular formula is C9H10N2O. The topological polar surface area (TPSA) is 46.0 Å². The third-order valence-electron chi connectivity index (χ3n) is 1.53. The van der Waals surface area contributed by atoms with Gasteiger partial charge in [-0.15, -0.1) is 12.3 Å². The molecule has 0 spiro atoms. The van der Waals surface area contributed by atoms with Crippen molar-refractivity contribution in [3.8, 4) is 12.3 Å². The van der Waals surface area contributed by atoms with E-state index >= 15 is 0 Å². The molecule has 0 bridgehead atoms. The van der Waals surface area contributed by atoms with Crippen LogP contribution in [0.2, 0.25) is 0 Å². The standard InChI is InChI=1S/C9H10N2O/c1-2-3-4-9(12)8-5-10-7-11-6-8/h1,5-7,9,12H,3-4H2. The molecule has 1 heterocycles. The number of hydrogen-bond donors (Lipinski definition) is 1. The fraction of sp³-hybridized carbons (Fsp3) is 0.333. The second kappa shape index (κ2) is 4.47. The summed E-state index contributed by atoms with van der Waals surface area (Å²) in [6, 6.07) is 0. The zero-order valence-corrected chi connectivity index (χ0v) is 6.64. The Morgan fingerprint density at radius 2 is 2.17 bits per heavy atom. The van der Waals surface area contributed by atoms with Crippen molar-refractivity contribution in [1.82, 2.24) is 9.97 Å². The van der Waals surface area contributed by atoms with Gasteiger partial charge in [0.1, 0.15) is 6.33 Å². The van der Waals surface area contributed by atoms with Crippen molar-refractivity contribution in [3.63, 3.8) is 0 Å². The quantitative estimate of drug-likeness (QED) is 0.672. The average molecular weight is 162 g/mol. The molecule has 1 aromatic heterocycles. The summed E-state index contributed by atoms with van der Waals surface area (Å²) >= 11 is 0. The summed E-state index contributed by atoms with van der Waals surface area (Å²) in [5.41, 5.74) is 0.716. The average Bonchev–Trinajstić information content (AvgIpc) is 2.15. The zero-order valence-electron chi connectivity index (χ0n) is 6.64. The van der Waals surface area contributed by atoms with Crippen LogP contribution in [0, 0.1) is 12.3 Å². The molecule has 3 nitrogen and oxygen atoms in total. The second-order valence-corrected chi connectivity index (χ2v) is 2.43. The van der Waals surface area contributed by atoms with Crippen LogP contribution in [0.15, 0.2) is 18.7 Å². The first-order chi connectivity index (χ1) is 5.84. The molecule has 0 saturated heterocycles. The number of nitrogens with zero attached hydrogens (tertiary/aromatic N) is 2. The minimum atomic E-state index is -0.540. The van der Waals surface area contributed by atoms with Crippen molar-refractivity contribution in [2.75, 3.05) is 0 Å². The molecule has 0 amide bonds. The molecule has 1 rings (SSSR count). The van der Waals surface area contributed by atoms with E-state index in [1.54, 1.807) is 12.4 Å². The molecule has 0 saturated carbocycles. The Hall–Kier alpha value is -1.40. The van der Waals surface area contributed by atoms with Crippen molar-refractivity contribution in [2.45, 2.75) is 18.9 Å².